The van der Waals surface area contributed by atoms with Crippen LogP contribution in [0.25, 0.3) is 0 Å². The van der Waals surface area contributed by atoms with Crippen LogP contribution in [0.3, 0.4) is 0 Å². The zero-order valence-electron chi connectivity index (χ0n) is 16.1. The lowest BCUT2D eigenvalue weighted by Crippen LogP contribution is -2.49. The molecule has 1 unspecified atom stereocenters. The number of hydrogen-bond donors (Lipinski definition) is 2. The molecule has 0 bridgehead atoms. The van der Waals surface area contributed by atoms with Crippen molar-refractivity contribution in [2.24, 2.45) is 5.73 Å². The molecule has 7 nitrogen and oxygen atoms in total. The number of carbonyl (C=O) groups excluding carboxylic acids is 3. The molecule has 1 aromatic carbocycles. The molecule has 154 valence electrons. The van der Waals surface area contributed by atoms with Crippen LogP contribution < -0.4 is 16.0 Å². The summed E-state index contributed by atoms with van der Waals surface area (Å²) in [5.41, 5.74) is 6.87. The summed E-state index contributed by atoms with van der Waals surface area (Å²) in [5, 5.41) is 2.88. The van der Waals surface area contributed by atoms with Crippen molar-refractivity contribution in [3.63, 3.8) is 0 Å². The zero-order valence-corrected chi connectivity index (χ0v) is 16.9. The Morgan fingerprint density at radius 1 is 1.11 bits per heavy atom. The van der Waals surface area contributed by atoms with Gasteiger partial charge in [-0.3, -0.25) is 14.4 Å². The van der Waals surface area contributed by atoms with Crippen LogP contribution in [0.4, 0.5) is 5.69 Å². The van der Waals surface area contributed by atoms with Crippen molar-refractivity contribution in [1.82, 2.24) is 10.2 Å². The highest BCUT2D eigenvalue weighted by Gasteiger charge is 2.28. The van der Waals surface area contributed by atoms with Gasteiger partial charge in [0, 0.05) is 56.3 Å². The van der Waals surface area contributed by atoms with Crippen LogP contribution in [0.2, 0.25) is 0 Å². The van der Waals surface area contributed by atoms with E-state index in [2.05, 4.69) is 5.32 Å². The second kappa shape index (κ2) is 10.4. The summed E-state index contributed by atoms with van der Waals surface area (Å²) in [4.78, 5) is 40.2. The number of amides is 3. The van der Waals surface area contributed by atoms with Crippen molar-refractivity contribution >= 4 is 35.8 Å². The molecule has 0 aliphatic carbocycles. The molecule has 3 amide bonds. The third-order valence-electron chi connectivity index (χ3n) is 5.29. The smallest absolute Gasteiger partial charge is 0.254 e. The Morgan fingerprint density at radius 2 is 1.86 bits per heavy atom. The van der Waals surface area contributed by atoms with E-state index in [1.807, 2.05) is 17.0 Å². The number of nitrogens with one attached hydrogen (secondary N) is 1. The average Bonchev–Trinajstić information content (AvgIpc) is 3.12. The second-order valence-corrected chi connectivity index (χ2v) is 7.19. The lowest BCUT2D eigenvalue weighted by Gasteiger charge is -2.36. The van der Waals surface area contributed by atoms with E-state index in [0.717, 1.165) is 37.9 Å². The SMILES string of the molecule is Cl.NCCC(=O)NCC1CCCCN1C(=O)c1ccc(N2CCCC2=O)cc1. The van der Waals surface area contributed by atoms with E-state index >= 15 is 0 Å². The van der Waals surface area contributed by atoms with E-state index in [0.29, 0.717) is 38.0 Å². The summed E-state index contributed by atoms with van der Waals surface area (Å²) in [6.07, 6.45) is 4.68. The molecule has 3 rings (SSSR count). The molecule has 2 aliphatic rings. The monoisotopic (exact) mass is 408 g/mol. The summed E-state index contributed by atoms with van der Waals surface area (Å²) in [7, 11) is 0. The van der Waals surface area contributed by atoms with E-state index in [9.17, 15) is 14.4 Å². The van der Waals surface area contributed by atoms with Crippen molar-refractivity contribution in [3.8, 4) is 0 Å². The maximum Gasteiger partial charge on any atom is 0.254 e. The Morgan fingerprint density at radius 3 is 2.50 bits per heavy atom. The molecule has 0 aromatic heterocycles. The van der Waals surface area contributed by atoms with Gasteiger partial charge in [0.1, 0.15) is 0 Å². The van der Waals surface area contributed by atoms with Gasteiger partial charge in [0.05, 0.1) is 0 Å². The predicted molar refractivity (Wildman–Crippen MR) is 111 cm³/mol. The van der Waals surface area contributed by atoms with Crippen molar-refractivity contribution in [2.75, 3.05) is 31.1 Å². The fraction of sp³-hybridized carbons (Fsp3) is 0.550. The number of likely N-dealkylation sites (tertiary alicyclic amines) is 1. The molecule has 1 aromatic rings. The van der Waals surface area contributed by atoms with E-state index in [-0.39, 0.29) is 36.2 Å². The lowest BCUT2D eigenvalue weighted by atomic mass is 10.0. The number of anilines is 1. The van der Waals surface area contributed by atoms with Gasteiger partial charge in [-0.15, -0.1) is 12.4 Å². The maximum absolute atomic E-state index is 13.0. The highest BCUT2D eigenvalue weighted by Crippen LogP contribution is 2.24. The number of carbonyl (C=O) groups is 3. The van der Waals surface area contributed by atoms with Gasteiger partial charge in [-0.2, -0.15) is 0 Å². The van der Waals surface area contributed by atoms with Crippen LogP contribution in [0.1, 0.15) is 48.9 Å². The van der Waals surface area contributed by atoms with Gasteiger partial charge in [0.15, 0.2) is 0 Å². The number of halogens is 1. The molecule has 0 spiro atoms. The van der Waals surface area contributed by atoms with Gasteiger partial charge in [-0.05, 0) is 49.9 Å². The van der Waals surface area contributed by atoms with Gasteiger partial charge < -0.3 is 20.9 Å². The summed E-state index contributed by atoms with van der Waals surface area (Å²) < 4.78 is 0. The fourth-order valence-corrected chi connectivity index (χ4v) is 3.80. The van der Waals surface area contributed by atoms with Gasteiger partial charge >= 0.3 is 0 Å². The van der Waals surface area contributed by atoms with Gasteiger partial charge in [-0.1, -0.05) is 0 Å². The number of hydrogen-bond acceptors (Lipinski definition) is 4. The van der Waals surface area contributed by atoms with Crippen LogP contribution in [0.15, 0.2) is 24.3 Å². The van der Waals surface area contributed by atoms with Crippen molar-refractivity contribution in [3.05, 3.63) is 29.8 Å². The molecule has 2 heterocycles. The highest BCUT2D eigenvalue weighted by molar-refractivity contribution is 5.97. The van der Waals surface area contributed by atoms with Crippen LogP contribution in [-0.2, 0) is 9.59 Å². The molecule has 0 saturated carbocycles. The average molecular weight is 409 g/mol. The summed E-state index contributed by atoms with van der Waals surface area (Å²) in [5.74, 6) is 0.0422. The van der Waals surface area contributed by atoms with Crippen LogP contribution in [0.5, 0.6) is 0 Å². The van der Waals surface area contributed by atoms with E-state index < -0.39 is 0 Å². The molecule has 1 atom stereocenters. The minimum Gasteiger partial charge on any atom is -0.354 e. The van der Waals surface area contributed by atoms with E-state index in [1.165, 1.54) is 0 Å². The third kappa shape index (κ3) is 5.23. The van der Waals surface area contributed by atoms with E-state index in [4.69, 9.17) is 5.73 Å². The normalized spacial score (nSPS) is 19.3. The standard InChI is InChI=1S/C20H28N4O3.ClH/c21-11-10-18(25)22-14-17-4-1-2-12-24(17)20(27)15-6-8-16(9-7-15)23-13-3-5-19(23)26;/h6-9,17H,1-5,10-14,21H2,(H,22,25);1H. The first kappa shape index (κ1) is 22.2. The quantitative estimate of drug-likeness (QED) is 0.748. The van der Waals surface area contributed by atoms with Crippen molar-refractivity contribution in [1.29, 1.82) is 0 Å². The molecule has 3 N–H and O–H groups in total. The van der Waals surface area contributed by atoms with Crippen LogP contribution >= 0.6 is 12.4 Å². The Kier molecular flexibility index (Phi) is 8.26. The van der Waals surface area contributed by atoms with E-state index in [1.54, 1.807) is 17.0 Å². The minimum atomic E-state index is -0.0740. The van der Waals surface area contributed by atoms with Crippen molar-refractivity contribution < 1.29 is 14.4 Å². The highest BCUT2D eigenvalue weighted by atomic mass is 35.5. The number of benzene rings is 1. The molecule has 2 saturated heterocycles. The molecule has 28 heavy (non-hydrogen) atoms. The maximum atomic E-state index is 13.0. The van der Waals surface area contributed by atoms with Gasteiger partial charge in [0.25, 0.3) is 5.91 Å². The number of piperidine rings is 1. The van der Waals surface area contributed by atoms with Gasteiger partial charge in [-0.25, -0.2) is 0 Å². The van der Waals surface area contributed by atoms with Crippen LogP contribution in [-0.4, -0.2) is 54.8 Å². The van der Waals surface area contributed by atoms with Crippen molar-refractivity contribution in [2.45, 2.75) is 44.6 Å². The second-order valence-electron chi connectivity index (χ2n) is 7.19. The first-order chi connectivity index (χ1) is 13.1. The first-order valence-corrected chi connectivity index (χ1v) is 9.78. The minimum absolute atomic E-state index is 0. The predicted octanol–water partition coefficient (Wildman–Crippen LogP) is 1.69. The zero-order chi connectivity index (χ0) is 19.2. The Labute approximate surface area is 172 Å². The molecule has 2 fully saturated rings. The topological polar surface area (TPSA) is 95.7 Å². The Balaban J connectivity index is 0.00000280. The third-order valence-corrected chi connectivity index (χ3v) is 5.29. The molecule has 2 aliphatic heterocycles. The number of nitrogens with zero attached hydrogens (tertiary/aromatic N) is 2. The first-order valence-electron chi connectivity index (χ1n) is 9.78. The number of nitrogens with two attached hydrogens (primary N) is 1. The summed E-state index contributed by atoms with van der Waals surface area (Å²) in [6.45, 7) is 2.22. The van der Waals surface area contributed by atoms with Gasteiger partial charge in [0.2, 0.25) is 11.8 Å². The largest absolute Gasteiger partial charge is 0.354 e. The molecule has 8 heteroatoms. The Bertz CT molecular complexity index is 695. The molecular formula is C20H29ClN4O3. The molecular weight excluding hydrogens is 380 g/mol. The summed E-state index contributed by atoms with van der Waals surface area (Å²) in [6, 6.07) is 7.29. The van der Waals surface area contributed by atoms with Crippen LogP contribution in [0, 0.1) is 0 Å². The summed E-state index contributed by atoms with van der Waals surface area (Å²) >= 11 is 0. The number of rotatable bonds is 6. The fourth-order valence-electron chi connectivity index (χ4n) is 3.80. The molecule has 0 radical (unpaired) electrons. The lowest BCUT2D eigenvalue weighted by molar-refractivity contribution is -0.121. The Hall–Kier alpha value is -2.12.